The molecule has 2 rings (SSSR count). The standard InChI is InChI=1S/C18H22BrN3O3/c1-20-18(21-9-10-25-15-6-4-5-13(19)11-15)22-14-7-8-16(23-2)17(12-14)24-3/h4-8,11-12H,9-10H2,1-3H3,(H2,20,21,22). The van der Waals surface area contributed by atoms with Gasteiger partial charge >= 0.3 is 0 Å². The summed E-state index contributed by atoms with van der Waals surface area (Å²) in [6, 6.07) is 13.3. The Morgan fingerprint density at radius 2 is 1.88 bits per heavy atom. The number of ether oxygens (including phenoxy) is 3. The van der Waals surface area contributed by atoms with Crippen molar-refractivity contribution in [2.24, 2.45) is 4.99 Å². The van der Waals surface area contributed by atoms with Crippen molar-refractivity contribution in [2.75, 3.05) is 39.7 Å². The van der Waals surface area contributed by atoms with Crippen LogP contribution in [0.1, 0.15) is 0 Å². The number of nitrogens with one attached hydrogen (secondary N) is 2. The maximum atomic E-state index is 5.69. The number of rotatable bonds is 7. The zero-order valence-electron chi connectivity index (χ0n) is 14.5. The van der Waals surface area contributed by atoms with Gasteiger partial charge in [0.25, 0.3) is 0 Å². The van der Waals surface area contributed by atoms with Crippen LogP contribution in [0.25, 0.3) is 0 Å². The second-order valence-electron chi connectivity index (χ2n) is 5.00. The van der Waals surface area contributed by atoms with Crippen LogP contribution in [0.3, 0.4) is 0 Å². The van der Waals surface area contributed by atoms with Gasteiger partial charge in [0.2, 0.25) is 0 Å². The van der Waals surface area contributed by atoms with Gasteiger partial charge < -0.3 is 24.8 Å². The van der Waals surface area contributed by atoms with Crippen LogP contribution in [0, 0.1) is 0 Å². The smallest absolute Gasteiger partial charge is 0.195 e. The molecule has 0 bridgehead atoms. The molecule has 2 aromatic carbocycles. The third-order valence-corrected chi connectivity index (χ3v) is 3.82. The van der Waals surface area contributed by atoms with E-state index >= 15 is 0 Å². The molecular formula is C18H22BrN3O3. The van der Waals surface area contributed by atoms with Crippen molar-refractivity contribution in [3.8, 4) is 17.2 Å². The van der Waals surface area contributed by atoms with Gasteiger partial charge in [0.1, 0.15) is 12.4 Å². The highest BCUT2D eigenvalue weighted by molar-refractivity contribution is 9.10. The largest absolute Gasteiger partial charge is 0.493 e. The lowest BCUT2D eigenvalue weighted by Crippen LogP contribution is -2.33. The number of aliphatic imine (C=N–C) groups is 1. The summed E-state index contributed by atoms with van der Waals surface area (Å²) in [5, 5.41) is 6.40. The third kappa shape index (κ3) is 5.86. The number of methoxy groups -OCH3 is 2. The molecule has 0 atom stereocenters. The molecule has 0 aliphatic heterocycles. The Morgan fingerprint density at radius 3 is 2.56 bits per heavy atom. The van der Waals surface area contributed by atoms with E-state index in [0.29, 0.717) is 30.6 Å². The van der Waals surface area contributed by atoms with Gasteiger partial charge in [-0.15, -0.1) is 0 Å². The molecule has 0 saturated heterocycles. The topological polar surface area (TPSA) is 64.1 Å². The number of benzene rings is 2. The van der Waals surface area contributed by atoms with Crippen molar-refractivity contribution in [3.63, 3.8) is 0 Å². The third-order valence-electron chi connectivity index (χ3n) is 3.33. The molecule has 0 amide bonds. The van der Waals surface area contributed by atoms with Crippen LogP contribution < -0.4 is 24.8 Å². The van der Waals surface area contributed by atoms with Gasteiger partial charge in [-0.1, -0.05) is 22.0 Å². The molecule has 0 aromatic heterocycles. The molecule has 0 radical (unpaired) electrons. The van der Waals surface area contributed by atoms with Crippen LogP contribution >= 0.6 is 15.9 Å². The minimum atomic E-state index is 0.517. The van der Waals surface area contributed by atoms with Gasteiger partial charge in [0.05, 0.1) is 20.8 Å². The van der Waals surface area contributed by atoms with E-state index in [1.54, 1.807) is 21.3 Å². The Labute approximate surface area is 156 Å². The molecular weight excluding hydrogens is 386 g/mol. The fourth-order valence-electron chi connectivity index (χ4n) is 2.12. The SMILES string of the molecule is CN=C(NCCOc1cccc(Br)c1)Nc1ccc(OC)c(OC)c1. The molecule has 0 unspecified atom stereocenters. The first kappa shape index (κ1) is 18.9. The fourth-order valence-corrected chi connectivity index (χ4v) is 2.50. The lowest BCUT2D eigenvalue weighted by molar-refractivity contribution is 0.322. The van der Waals surface area contributed by atoms with Crippen LogP contribution in [0.15, 0.2) is 51.9 Å². The van der Waals surface area contributed by atoms with Crippen molar-refractivity contribution in [3.05, 3.63) is 46.9 Å². The van der Waals surface area contributed by atoms with Crippen molar-refractivity contribution < 1.29 is 14.2 Å². The van der Waals surface area contributed by atoms with E-state index in [-0.39, 0.29) is 0 Å². The van der Waals surface area contributed by atoms with Crippen LogP contribution in [0.5, 0.6) is 17.2 Å². The zero-order valence-corrected chi connectivity index (χ0v) is 16.1. The Hall–Kier alpha value is -2.41. The predicted octanol–water partition coefficient (Wildman–Crippen LogP) is 3.53. The van der Waals surface area contributed by atoms with Gasteiger partial charge in [-0.05, 0) is 30.3 Å². The number of halogens is 1. The summed E-state index contributed by atoms with van der Waals surface area (Å²) in [7, 11) is 4.93. The normalized spacial score (nSPS) is 11.0. The minimum Gasteiger partial charge on any atom is -0.493 e. The highest BCUT2D eigenvalue weighted by Gasteiger charge is 2.06. The molecule has 6 nitrogen and oxygen atoms in total. The average molecular weight is 408 g/mol. The lowest BCUT2D eigenvalue weighted by Gasteiger charge is -2.14. The summed E-state index contributed by atoms with van der Waals surface area (Å²) in [4.78, 5) is 4.20. The van der Waals surface area contributed by atoms with E-state index in [1.165, 1.54) is 0 Å². The highest BCUT2D eigenvalue weighted by atomic mass is 79.9. The first-order valence-corrected chi connectivity index (χ1v) is 8.53. The molecule has 0 heterocycles. The molecule has 0 fully saturated rings. The Balaban J connectivity index is 1.84. The van der Waals surface area contributed by atoms with Crippen LogP contribution in [-0.2, 0) is 0 Å². The molecule has 2 N–H and O–H groups in total. The Morgan fingerprint density at radius 1 is 1.08 bits per heavy atom. The minimum absolute atomic E-state index is 0.517. The van der Waals surface area contributed by atoms with E-state index in [4.69, 9.17) is 14.2 Å². The van der Waals surface area contributed by atoms with Gasteiger partial charge in [0.15, 0.2) is 17.5 Å². The summed E-state index contributed by atoms with van der Waals surface area (Å²) in [6.07, 6.45) is 0. The first-order valence-electron chi connectivity index (χ1n) is 7.74. The summed E-state index contributed by atoms with van der Waals surface area (Å²) in [5.41, 5.74) is 0.846. The van der Waals surface area contributed by atoms with Crippen LogP contribution in [0.2, 0.25) is 0 Å². The lowest BCUT2D eigenvalue weighted by atomic mass is 10.3. The van der Waals surface area contributed by atoms with Crippen molar-refractivity contribution in [1.29, 1.82) is 0 Å². The number of guanidine groups is 1. The number of nitrogens with zero attached hydrogens (tertiary/aromatic N) is 1. The number of anilines is 1. The molecule has 134 valence electrons. The number of hydrogen-bond donors (Lipinski definition) is 2. The van der Waals surface area contributed by atoms with Crippen molar-refractivity contribution in [2.45, 2.75) is 0 Å². The van der Waals surface area contributed by atoms with E-state index in [9.17, 15) is 0 Å². The number of hydrogen-bond acceptors (Lipinski definition) is 4. The molecule has 0 saturated carbocycles. The van der Waals surface area contributed by atoms with Crippen LogP contribution in [-0.4, -0.2) is 40.4 Å². The molecule has 0 spiro atoms. The summed E-state index contributed by atoms with van der Waals surface area (Å²) in [5.74, 6) is 2.79. The highest BCUT2D eigenvalue weighted by Crippen LogP contribution is 2.29. The summed E-state index contributed by atoms with van der Waals surface area (Å²) in [6.45, 7) is 1.13. The van der Waals surface area contributed by atoms with Crippen LogP contribution in [0.4, 0.5) is 5.69 Å². The van der Waals surface area contributed by atoms with Crippen molar-refractivity contribution in [1.82, 2.24) is 5.32 Å². The average Bonchev–Trinajstić information content (AvgIpc) is 2.64. The molecule has 0 aliphatic carbocycles. The second kappa shape index (κ2) is 9.78. The molecule has 2 aromatic rings. The molecule has 7 heteroatoms. The maximum Gasteiger partial charge on any atom is 0.195 e. The van der Waals surface area contributed by atoms with E-state index < -0.39 is 0 Å². The van der Waals surface area contributed by atoms with Crippen molar-refractivity contribution >= 4 is 27.6 Å². The van der Waals surface area contributed by atoms with Gasteiger partial charge in [-0.25, -0.2) is 0 Å². The van der Waals surface area contributed by atoms with Gasteiger partial charge in [0, 0.05) is 23.3 Å². The van der Waals surface area contributed by atoms with E-state index in [2.05, 4.69) is 31.6 Å². The Kier molecular flexibility index (Phi) is 7.40. The molecule has 25 heavy (non-hydrogen) atoms. The second-order valence-corrected chi connectivity index (χ2v) is 5.92. The van der Waals surface area contributed by atoms with E-state index in [1.807, 2.05) is 42.5 Å². The monoisotopic (exact) mass is 407 g/mol. The quantitative estimate of drug-likeness (QED) is 0.417. The molecule has 0 aliphatic rings. The maximum absolute atomic E-state index is 5.69. The summed E-state index contributed by atoms with van der Waals surface area (Å²) < 4.78 is 17.2. The van der Waals surface area contributed by atoms with Gasteiger partial charge in [-0.3, -0.25) is 4.99 Å². The predicted molar refractivity (Wildman–Crippen MR) is 104 cm³/mol. The zero-order chi connectivity index (χ0) is 18.1. The Bertz CT molecular complexity index is 722. The first-order chi connectivity index (χ1) is 12.2. The van der Waals surface area contributed by atoms with E-state index in [0.717, 1.165) is 15.9 Å². The van der Waals surface area contributed by atoms with Gasteiger partial charge in [-0.2, -0.15) is 0 Å². The summed E-state index contributed by atoms with van der Waals surface area (Å²) >= 11 is 3.42. The fraction of sp³-hybridized carbons (Fsp3) is 0.278.